The molecule has 137 heavy (non-hydrogen) atoms. The van der Waals surface area contributed by atoms with Gasteiger partial charge < -0.3 is 87.9 Å². The molecular weight excluding hydrogens is 1760 g/mol. The van der Waals surface area contributed by atoms with Crippen LogP contribution in [0.15, 0.2) is 111 Å². The molecular formula is C103H161N9O25. The van der Waals surface area contributed by atoms with Gasteiger partial charge in [0.05, 0.1) is 54.4 Å². The normalized spacial score (nSPS) is 38.9. The molecule has 6 aliphatic heterocycles. The number of azide groups is 2. The van der Waals surface area contributed by atoms with E-state index in [1.54, 1.807) is 82.1 Å². The summed E-state index contributed by atoms with van der Waals surface area (Å²) in [4.78, 5) is 136. The molecule has 0 aromatic rings. The van der Waals surface area contributed by atoms with Crippen molar-refractivity contribution in [1.82, 2.24) is 9.80 Å². The number of amides is 2. The smallest absolute Gasteiger partial charge is 0.329 e. The summed E-state index contributed by atoms with van der Waals surface area (Å²) in [5.74, 6) is -15.7. The maximum Gasteiger partial charge on any atom is 0.329 e. The van der Waals surface area contributed by atoms with E-state index in [-0.39, 0.29) is 122 Å². The van der Waals surface area contributed by atoms with Crippen molar-refractivity contribution in [3.8, 4) is 0 Å². The lowest BCUT2D eigenvalue weighted by atomic mass is 9.77. The van der Waals surface area contributed by atoms with Gasteiger partial charge in [-0.3, -0.25) is 33.6 Å². The monoisotopic (exact) mass is 1920 g/mol. The van der Waals surface area contributed by atoms with Gasteiger partial charge in [0, 0.05) is 134 Å². The number of rotatable bonds is 14. The van der Waals surface area contributed by atoms with Crippen LogP contribution in [0.5, 0.6) is 0 Å². The third-order valence-corrected chi connectivity index (χ3v) is 29.5. The van der Waals surface area contributed by atoms with Gasteiger partial charge >= 0.3 is 11.9 Å². The summed E-state index contributed by atoms with van der Waals surface area (Å²) in [6.07, 6.45) is 23.8. The van der Waals surface area contributed by atoms with Gasteiger partial charge in [-0.05, 0) is 225 Å². The number of piperidine rings is 2. The Morgan fingerprint density at radius 2 is 0.861 bits per heavy atom. The maximum atomic E-state index is 14.5. The Morgan fingerprint density at radius 1 is 0.474 bits per heavy atom. The fraction of sp³-hybridized carbons (Fsp3) is 0.748. The van der Waals surface area contributed by atoms with Crippen molar-refractivity contribution < 1.29 is 121 Å². The van der Waals surface area contributed by atoms with Crippen LogP contribution in [0, 0.1) is 71.0 Å². The van der Waals surface area contributed by atoms with Gasteiger partial charge in [0.25, 0.3) is 23.4 Å². The number of hydrogen-bond acceptors (Lipinski definition) is 28. The van der Waals surface area contributed by atoms with E-state index in [9.17, 15) is 68.8 Å². The molecule has 8 rings (SSSR count). The predicted molar refractivity (Wildman–Crippen MR) is 516 cm³/mol. The van der Waals surface area contributed by atoms with Crippen molar-refractivity contribution in [3.63, 3.8) is 0 Å². The number of ketones is 5. The fourth-order valence-corrected chi connectivity index (χ4v) is 20.8. The van der Waals surface area contributed by atoms with E-state index in [0.717, 1.165) is 31.1 Å². The summed E-state index contributed by atoms with van der Waals surface area (Å²) >= 11 is 0. The Morgan fingerprint density at radius 3 is 1.23 bits per heavy atom. The van der Waals surface area contributed by atoms with Crippen LogP contribution >= 0.6 is 0 Å². The number of cyclic esters (lactones) is 2. The van der Waals surface area contributed by atoms with E-state index in [1.807, 2.05) is 116 Å². The molecule has 0 unspecified atom stereocenters. The van der Waals surface area contributed by atoms with Gasteiger partial charge in [0.1, 0.15) is 54.5 Å². The molecule has 8 aliphatic rings. The van der Waals surface area contributed by atoms with Crippen LogP contribution in [0.2, 0.25) is 0 Å². The standard InChI is InChI=1S/C51H79N5O12.C51H78N4O12.CH4O/c1-30-16-12-11-13-17-31(2)42(64-8)28-38-21-19-36(7)51(62,68-38)48(59)49(60)56-23-15-14-18-41(56)50(61)67-43(33(4)26-37-20-22-39(53-55-52)44(27-37)65-9)29-40(54-63)32(3)25-35(6)46(58)47(66-10)45(57)34(5)24-30;1-30-16-12-11-13-17-31(2)42(63-8)28-38-21-19-36(7)51(62,67-38)48(59)49(60)55-23-15-14-18-40(55)50(61)66-43(33(4)26-37-20-22-39(53-54-52)44(27-37)64-9)29-41(56)32(3)25-35(6)46(58)47(65-10)45(57)34(5)24-30;1-2/h11-13,16-17,25,30,32-34,36-39,41-44,46-47,58,62-63H,14-15,18-24,26-29H2,1-10H3;11-13,16-17,25,30,32-34,36-40,42-44,46-47,58,62H,14-15,18-24,26-29H2,1-10H3;2H,1H3/b13-11+,16-12+,31-17+,35-25+,54-40?;13-11+,16-12+,31-17+,35-25+;/t30-,32-,33-,34-,36-,37+,38+,39+,41+,42+,43+,44-,46-,47+,51-;30-,32-,33-,34-,36-,37+,38+,39+,40+,42+,43+,44-,46-,47+,51-;/m11./s1. The molecule has 0 aromatic carbocycles. The quantitative estimate of drug-likeness (QED) is 0.0137. The van der Waals surface area contributed by atoms with Crippen molar-refractivity contribution in [2.45, 2.75) is 360 Å². The first-order valence-electron chi connectivity index (χ1n) is 49.3. The number of hydrogen-bond donors (Lipinski definition) is 6. The summed E-state index contributed by atoms with van der Waals surface area (Å²) in [5, 5.41) is 76.0. The zero-order valence-corrected chi connectivity index (χ0v) is 84.9. The first-order valence-corrected chi connectivity index (χ1v) is 49.3. The Bertz CT molecular complexity index is 4360. The van der Waals surface area contributed by atoms with Gasteiger partial charge in [-0.2, -0.15) is 0 Å². The van der Waals surface area contributed by atoms with Crippen molar-refractivity contribution in [2.75, 3.05) is 62.9 Å². The number of oxime groups is 1. The van der Waals surface area contributed by atoms with E-state index >= 15 is 0 Å². The number of fused-ring (bicyclic) bond motifs is 6. The van der Waals surface area contributed by atoms with Crippen molar-refractivity contribution >= 4 is 58.4 Å². The lowest BCUT2D eigenvalue weighted by Crippen LogP contribution is -2.61. The third kappa shape index (κ3) is 32.9. The molecule has 6 fully saturated rings. The molecule has 34 nitrogen and oxygen atoms in total. The summed E-state index contributed by atoms with van der Waals surface area (Å²) in [6.45, 7) is 25.6. The first-order chi connectivity index (χ1) is 65.1. The van der Waals surface area contributed by atoms with E-state index in [1.165, 1.54) is 24.0 Å². The summed E-state index contributed by atoms with van der Waals surface area (Å²) < 4.78 is 59.2. The molecule has 2 saturated carbocycles. The van der Waals surface area contributed by atoms with E-state index in [2.05, 4.69) is 25.2 Å². The molecule has 30 atom stereocenters. The highest BCUT2D eigenvalue weighted by Crippen LogP contribution is 2.43. The largest absolute Gasteiger partial charge is 0.460 e. The molecule has 4 bridgehead atoms. The summed E-state index contributed by atoms with van der Waals surface area (Å²) in [6, 6.07) is -2.92. The molecule has 2 amide bonds. The van der Waals surface area contributed by atoms with Crippen molar-refractivity contribution in [2.24, 2.45) is 86.4 Å². The molecule has 4 saturated heterocycles. The van der Waals surface area contributed by atoms with Gasteiger partial charge in [0.2, 0.25) is 11.6 Å². The average molecular weight is 1930 g/mol. The lowest BCUT2D eigenvalue weighted by Gasteiger charge is -2.42. The SMILES string of the molecule is CO.CO[C@H]1C[C@@H]2CC[C@@H](C)[C@@](O)(O2)C(=O)C(=O)N2CCCC[C@H]2C(=O)O[C@H]([C@H](C)C[C@@H]2CC[C@H](N=[N+]=[N-])[C@H](OC)C2)CC(=NO)[C@H](C)/C=C(\C)[C@@H](O)[C@@H](OC)C(=O)[C@H](C)C[C@H](C)/C=C/C=C/C=C/1C.CO[C@H]1C[C@@H]2CC[C@@H](C)[C@@](O)(O2)C(=O)C(=O)N2CCCC[C@H]2C(=O)O[C@H]([C@H](C)C[C@@H]2CC[C@H](N=[N+]=[N-])[C@H](OC)C2)CC(=O)[C@H](C)/C=C(\C)[C@@H](O)[C@@H](OC)C(=O)[C@H](C)C[C@H](C)/C=C/C=C/C=C/1C. The molecule has 0 radical (unpaired) electrons. The predicted octanol–water partition coefficient (Wildman–Crippen LogP) is 14.9. The molecule has 2 aliphatic carbocycles. The second-order valence-corrected chi connectivity index (χ2v) is 39.7. The van der Waals surface area contributed by atoms with Crippen LogP contribution < -0.4 is 0 Å². The Labute approximate surface area is 810 Å². The number of Topliss-reactive ketones (excluding diaryl/α,β-unsaturated/α-hetero) is 5. The maximum absolute atomic E-state index is 14.5. The van der Waals surface area contributed by atoms with Crippen LogP contribution in [0.4, 0.5) is 0 Å². The minimum Gasteiger partial charge on any atom is -0.460 e. The fourth-order valence-electron chi connectivity index (χ4n) is 20.8. The molecule has 0 spiro atoms. The molecule has 6 N–H and O–H groups in total. The highest BCUT2D eigenvalue weighted by Gasteiger charge is 2.56. The number of allylic oxidation sites excluding steroid dienone is 12. The van der Waals surface area contributed by atoms with E-state index < -0.39 is 156 Å². The highest BCUT2D eigenvalue weighted by atomic mass is 16.6. The number of esters is 2. The number of aliphatic hydroxyl groups is 5. The zero-order chi connectivity index (χ0) is 102. The Kier molecular flexibility index (Phi) is 49.4. The van der Waals surface area contributed by atoms with Crippen LogP contribution in [0.25, 0.3) is 20.9 Å². The molecule has 34 heteroatoms. The summed E-state index contributed by atoms with van der Waals surface area (Å²) in [7, 11) is 10.1. The molecule has 0 aromatic heterocycles. The summed E-state index contributed by atoms with van der Waals surface area (Å²) in [5.41, 5.74) is 21.0. The zero-order valence-electron chi connectivity index (χ0n) is 84.9. The molecule has 768 valence electrons. The van der Waals surface area contributed by atoms with Crippen LogP contribution in [-0.4, -0.2) is 271 Å². The number of ether oxygens (including phenoxy) is 10. The van der Waals surface area contributed by atoms with Gasteiger partial charge in [0.15, 0.2) is 11.6 Å². The van der Waals surface area contributed by atoms with Gasteiger partial charge in [-0.25, -0.2) is 9.59 Å². The minimum absolute atomic E-state index is 0.0129. The van der Waals surface area contributed by atoms with Crippen molar-refractivity contribution in [1.29, 1.82) is 0 Å². The second-order valence-electron chi connectivity index (χ2n) is 39.7. The average Bonchev–Trinajstić information content (AvgIpc) is 0.778. The van der Waals surface area contributed by atoms with Crippen LogP contribution in [-0.2, 0) is 90.5 Å². The number of carbonyl (C=O) groups is 9. The molecule has 6 heterocycles. The highest BCUT2D eigenvalue weighted by molar-refractivity contribution is 6.39. The number of nitrogens with zero attached hydrogens (tertiary/aromatic N) is 9. The van der Waals surface area contributed by atoms with Gasteiger partial charge in [-0.1, -0.05) is 158 Å². The number of aliphatic hydroxyl groups excluding tert-OH is 3. The van der Waals surface area contributed by atoms with Crippen LogP contribution in [0.3, 0.4) is 0 Å². The number of carbonyl (C=O) groups excluding carboxylic acids is 9. The van der Waals surface area contributed by atoms with E-state index in [4.69, 9.17) is 63.5 Å². The second kappa shape index (κ2) is 57.6. The van der Waals surface area contributed by atoms with E-state index in [0.29, 0.717) is 127 Å². The van der Waals surface area contributed by atoms with Gasteiger partial charge in [-0.15, -0.1) is 0 Å². The topological polar surface area (TPSA) is 484 Å². The Hall–Kier alpha value is -8.28. The van der Waals surface area contributed by atoms with Crippen LogP contribution in [0.1, 0.15) is 251 Å². The Balaban J connectivity index is 0.000000413. The number of methoxy groups -OCH3 is 6. The lowest BCUT2D eigenvalue weighted by molar-refractivity contribution is -0.265. The minimum atomic E-state index is -2.44. The first kappa shape index (κ1) is 117. The third-order valence-electron chi connectivity index (χ3n) is 29.5. The van der Waals surface area contributed by atoms with Crippen molar-refractivity contribution in [3.05, 3.63) is 116 Å².